The van der Waals surface area contributed by atoms with Gasteiger partial charge in [0.25, 0.3) is 5.91 Å². The maximum Gasteiger partial charge on any atom is 0.277 e. The number of hydrogen-bond acceptors (Lipinski definition) is 4. The van der Waals surface area contributed by atoms with Gasteiger partial charge in [-0.15, -0.1) is 0 Å². The van der Waals surface area contributed by atoms with Crippen LogP contribution in [0.4, 0.5) is 0 Å². The summed E-state index contributed by atoms with van der Waals surface area (Å²) in [6.07, 6.45) is 4.83. The molecule has 108 valence electrons. The van der Waals surface area contributed by atoms with Crippen molar-refractivity contribution in [3.8, 4) is 5.75 Å². The fourth-order valence-electron chi connectivity index (χ4n) is 1.58. The Balaban J connectivity index is 1.81. The number of aryl methyl sites for hydroxylation is 1. The Bertz CT molecular complexity index is 645. The predicted molar refractivity (Wildman–Crippen MR) is 81.7 cm³/mol. The molecule has 1 aromatic heterocycles. The molecule has 0 atom stereocenters. The topological polar surface area (TPSA) is 63.6 Å². The van der Waals surface area contributed by atoms with Crippen molar-refractivity contribution in [1.82, 2.24) is 10.4 Å². The molecule has 0 unspecified atom stereocenters. The van der Waals surface area contributed by atoms with Crippen LogP contribution < -0.4 is 10.2 Å². The molecule has 0 radical (unpaired) electrons. The minimum absolute atomic E-state index is 0.115. The van der Waals surface area contributed by atoms with Gasteiger partial charge in [0, 0.05) is 17.4 Å². The van der Waals surface area contributed by atoms with Crippen LogP contribution in [0.1, 0.15) is 11.1 Å². The summed E-state index contributed by atoms with van der Waals surface area (Å²) in [5.41, 5.74) is 4.11. The monoisotopic (exact) mass is 303 g/mol. The minimum atomic E-state index is -0.338. The molecule has 1 amide bonds. The van der Waals surface area contributed by atoms with E-state index in [1.165, 1.54) is 6.21 Å². The molecule has 0 saturated carbocycles. The second-order valence-electron chi connectivity index (χ2n) is 4.27. The first-order valence-corrected chi connectivity index (χ1v) is 6.64. The summed E-state index contributed by atoms with van der Waals surface area (Å²) in [4.78, 5) is 15.5. The van der Waals surface area contributed by atoms with Gasteiger partial charge in [0.1, 0.15) is 5.75 Å². The van der Waals surface area contributed by atoms with Gasteiger partial charge < -0.3 is 4.74 Å². The predicted octanol–water partition coefficient (Wildman–Crippen LogP) is 2.57. The van der Waals surface area contributed by atoms with Crippen molar-refractivity contribution in [2.45, 2.75) is 6.92 Å². The number of rotatable bonds is 5. The van der Waals surface area contributed by atoms with Crippen LogP contribution in [0.15, 0.2) is 47.8 Å². The number of ether oxygens (including phenoxy) is 1. The molecule has 0 aliphatic rings. The van der Waals surface area contributed by atoms with E-state index in [1.54, 1.807) is 42.7 Å². The van der Waals surface area contributed by atoms with E-state index in [-0.39, 0.29) is 12.5 Å². The normalized spacial score (nSPS) is 10.6. The largest absolute Gasteiger partial charge is 0.483 e. The van der Waals surface area contributed by atoms with Crippen molar-refractivity contribution in [2.75, 3.05) is 6.61 Å². The van der Waals surface area contributed by atoms with Gasteiger partial charge in [-0.2, -0.15) is 5.10 Å². The zero-order chi connectivity index (χ0) is 15.1. The second kappa shape index (κ2) is 7.40. The van der Waals surface area contributed by atoms with Gasteiger partial charge in [0.05, 0.1) is 6.21 Å². The van der Waals surface area contributed by atoms with Crippen molar-refractivity contribution >= 4 is 23.7 Å². The Morgan fingerprint density at radius 1 is 1.38 bits per heavy atom. The number of hydrazone groups is 1. The van der Waals surface area contributed by atoms with Crippen LogP contribution in [-0.4, -0.2) is 23.7 Å². The summed E-state index contributed by atoms with van der Waals surface area (Å²) >= 11 is 5.85. The first-order valence-electron chi connectivity index (χ1n) is 6.26. The van der Waals surface area contributed by atoms with Gasteiger partial charge in [-0.25, -0.2) is 5.43 Å². The third-order valence-electron chi connectivity index (χ3n) is 2.60. The lowest BCUT2D eigenvalue weighted by atomic mass is 10.2. The van der Waals surface area contributed by atoms with Gasteiger partial charge in [0.2, 0.25) is 0 Å². The van der Waals surface area contributed by atoms with Crippen molar-refractivity contribution in [3.63, 3.8) is 0 Å². The fraction of sp³-hybridized carbons (Fsp3) is 0.133. The third-order valence-corrected chi connectivity index (χ3v) is 2.84. The van der Waals surface area contributed by atoms with Crippen LogP contribution in [0.3, 0.4) is 0 Å². The molecule has 1 N–H and O–H groups in total. The van der Waals surface area contributed by atoms with Gasteiger partial charge in [-0.05, 0) is 48.4 Å². The number of carbonyl (C=O) groups excluding carboxylic acids is 1. The second-order valence-corrected chi connectivity index (χ2v) is 4.71. The SMILES string of the molecule is Cc1cc(Cl)ccc1OCC(=O)N/N=C\c1ccncc1. The minimum Gasteiger partial charge on any atom is -0.483 e. The summed E-state index contributed by atoms with van der Waals surface area (Å²) in [6.45, 7) is 1.75. The Labute approximate surface area is 127 Å². The number of amides is 1. The quantitative estimate of drug-likeness (QED) is 0.682. The summed E-state index contributed by atoms with van der Waals surface area (Å²) in [5, 5.41) is 4.47. The first kappa shape index (κ1) is 15.0. The van der Waals surface area contributed by atoms with Gasteiger partial charge >= 0.3 is 0 Å². The van der Waals surface area contributed by atoms with Crippen LogP contribution in [0.25, 0.3) is 0 Å². The molecular formula is C15H14ClN3O2. The smallest absolute Gasteiger partial charge is 0.277 e. The third kappa shape index (κ3) is 4.89. The van der Waals surface area contributed by atoms with Crippen molar-refractivity contribution < 1.29 is 9.53 Å². The Morgan fingerprint density at radius 2 is 2.14 bits per heavy atom. The van der Waals surface area contributed by atoms with E-state index in [9.17, 15) is 4.79 Å². The number of nitrogens with one attached hydrogen (secondary N) is 1. The highest BCUT2D eigenvalue weighted by Crippen LogP contribution is 2.21. The molecule has 0 spiro atoms. The Morgan fingerprint density at radius 3 is 2.86 bits per heavy atom. The lowest BCUT2D eigenvalue weighted by molar-refractivity contribution is -0.123. The number of aromatic nitrogens is 1. The summed E-state index contributed by atoms with van der Waals surface area (Å²) in [5.74, 6) is 0.280. The molecule has 2 rings (SSSR count). The zero-order valence-corrected chi connectivity index (χ0v) is 12.2. The average Bonchev–Trinajstić information content (AvgIpc) is 2.47. The van der Waals surface area contributed by atoms with Crippen molar-refractivity contribution in [2.24, 2.45) is 5.10 Å². The van der Waals surface area contributed by atoms with Crippen LogP contribution in [-0.2, 0) is 4.79 Å². The molecule has 1 heterocycles. The molecule has 0 bridgehead atoms. The average molecular weight is 304 g/mol. The number of hydrogen-bond donors (Lipinski definition) is 1. The molecule has 0 aliphatic heterocycles. The number of halogens is 1. The maximum absolute atomic E-state index is 11.6. The van der Waals surface area contributed by atoms with Gasteiger partial charge in [-0.1, -0.05) is 11.6 Å². The highest BCUT2D eigenvalue weighted by atomic mass is 35.5. The van der Waals surface area contributed by atoms with E-state index in [0.717, 1.165) is 11.1 Å². The highest BCUT2D eigenvalue weighted by Gasteiger charge is 2.04. The van der Waals surface area contributed by atoms with Gasteiger partial charge in [0.15, 0.2) is 6.61 Å². The molecule has 0 saturated heterocycles. The summed E-state index contributed by atoms with van der Waals surface area (Å²) in [6, 6.07) is 8.78. The molecule has 21 heavy (non-hydrogen) atoms. The molecule has 5 nitrogen and oxygen atoms in total. The van der Waals surface area contributed by atoms with Crippen molar-refractivity contribution in [3.05, 3.63) is 58.9 Å². The molecule has 0 fully saturated rings. The standard InChI is InChI=1S/C15H14ClN3O2/c1-11-8-13(16)2-3-14(11)21-10-15(20)19-18-9-12-4-6-17-7-5-12/h2-9H,10H2,1H3,(H,19,20)/b18-9-. The molecular weight excluding hydrogens is 290 g/mol. The lowest BCUT2D eigenvalue weighted by Gasteiger charge is -2.08. The van der Waals surface area contributed by atoms with Crippen LogP contribution in [0, 0.1) is 6.92 Å². The number of nitrogens with zero attached hydrogens (tertiary/aromatic N) is 2. The number of carbonyl (C=O) groups is 1. The fourth-order valence-corrected chi connectivity index (χ4v) is 1.81. The molecule has 0 aliphatic carbocycles. The molecule has 2 aromatic rings. The Kier molecular flexibility index (Phi) is 5.29. The van der Waals surface area contributed by atoms with Gasteiger partial charge in [-0.3, -0.25) is 9.78 Å². The van der Waals surface area contributed by atoms with E-state index in [1.807, 2.05) is 6.92 Å². The maximum atomic E-state index is 11.6. The van der Waals surface area contributed by atoms with Crippen LogP contribution in [0.5, 0.6) is 5.75 Å². The van der Waals surface area contributed by atoms with E-state index in [0.29, 0.717) is 10.8 Å². The lowest BCUT2D eigenvalue weighted by Crippen LogP contribution is -2.24. The molecule has 1 aromatic carbocycles. The summed E-state index contributed by atoms with van der Waals surface area (Å²) < 4.78 is 5.40. The van der Waals surface area contributed by atoms with E-state index < -0.39 is 0 Å². The van der Waals surface area contributed by atoms with E-state index in [4.69, 9.17) is 16.3 Å². The van der Waals surface area contributed by atoms with Crippen LogP contribution in [0.2, 0.25) is 5.02 Å². The molecule has 6 heteroatoms. The van der Waals surface area contributed by atoms with E-state index in [2.05, 4.69) is 15.5 Å². The number of pyridine rings is 1. The van der Waals surface area contributed by atoms with Crippen molar-refractivity contribution in [1.29, 1.82) is 0 Å². The summed E-state index contributed by atoms with van der Waals surface area (Å²) in [7, 11) is 0. The zero-order valence-electron chi connectivity index (χ0n) is 11.4. The number of benzene rings is 1. The first-order chi connectivity index (χ1) is 10.1. The van der Waals surface area contributed by atoms with Crippen LogP contribution >= 0.6 is 11.6 Å². The Hall–Kier alpha value is -2.40. The highest BCUT2D eigenvalue weighted by molar-refractivity contribution is 6.30. The van der Waals surface area contributed by atoms with E-state index >= 15 is 0 Å².